The number of rotatable bonds is 4. The maximum atomic E-state index is 8.90. The van der Waals surface area contributed by atoms with E-state index in [-0.39, 0.29) is 5.84 Å². The van der Waals surface area contributed by atoms with E-state index in [2.05, 4.69) is 10.1 Å². The number of hydrogen-bond donors (Lipinski definition) is 2. The van der Waals surface area contributed by atoms with E-state index in [1.54, 1.807) is 13.2 Å². The summed E-state index contributed by atoms with van der Waals surface area (Å²) < 4.78 is 5.21. The Morgan fingerprint density at radius 3 is 2.80 bits per heavy atom. The number of nitrogens with two attached hydrogens (primary N) is 1. The first-order chi connectivity index (χ1) is 9.65. The van der Waals surface area contributed by atoms with Crippen LogP contribution in [-0.4, -0.2) is 37.8 Å². The molecule has 1 aliphatic rings. The molecule has 1 aliphatic heterocycles. The fourth-order valence-corrected chi connectivity index (χ4v) is 2.79. The third-order valence-electron chi connectivity index (χ3n) is 3.70. The molecule has 0 aliphatic carbocycles. The zero-order valence-electron chi connectivity index (χ0n) is 11.6. The van der Waals surface area contributed by atoms with E-state index >= 15 is 0 Å². The molecule has 0 amide bonds. The number of amidine groups is 1. The van der Waals surface area contributed by atoms with Crippen LogP contribution in [0.4, 0.5) is 5.69 Å². The molecular weight excluding hydrogens is 278 g/mol. The lowest BCUT2D eigenvalue weighted by atomic mass is 9.96. The quantitative estimate of drug-likeness (QED) is 0.387. The normalized spacial score (nSPS) is 17.5. The van der Waals surface area contributed by atoms with Gasteiger partial charge < -0.3 is 20.6 Å². The maximum absolute atomic E-state index is 8.90. The summed E-state index contributed by atoms with van der Waals surface area (Å²) >= 11 is 5.99. The summed E-state index contributed by atoms with van der Waals surface area (Å²) in [5.41, 5.74) is 7.37. The van der Waals surface area contributed by atoms with Crippen LogP contribution in [-0.2, 0) is 4.74 Å². The van der Waals surface area contributed by atoms with Gasteiger partial charge in [0, 0.05) is 43.1 Å². The predicted molar refractivity (Wildman–Crippen MR) is 80.8 cm³/mol. The number of hydrogen-bond acceptors (Lipinski definition) is 4. The third kappa shape index (κ3) is 3.35. The highest BCUT2D eigenvalue weighted by atomic mass is 35.5. The summed E-state index contributed by atoms with van der Waals surface area (Å²) in [4.78, 5) is 2.25. The van der Waals surface area contributed by atoms with Gasteiger partial charge in [0.15, 0.2) is 5.84 Å². The first-order valence-electron chi connectivity index (χ1n) is 6.67. The van der Waals surface area contributed by atoms with Gasteiger partial charge in [0.25, 0.3) is 0 Å². The molecule has 0 unspecified atom stereocenters. The van der Waals surface area contributed by atoms with Crippen molar-refractivity contribution in [1.82, 2.24) is 0 Å². The summed E-state index contributed by atoms with van der Waals surface area (Å²) in [5, 5.41) is 12.6. The van der Waals surface area contributed by atoms with Crippen LogP contribution in [0.3, 0.4) is 0 Å². The van der Waals surface area contributed by atoms with Crippen molar-refractivity contribution in [3.8, 4) is 0 Å². The molecule has 0 atom stereocenters. The lowest BCUT2D eigenvalue weighted by Crippen LogP contribution is -2.36. The van der Waals surface area contributed by atoms with Gasteiger partial charge in [-0.15, -0.1) is 0 Å². The van der Waals surface area contributed by atoms with Crippen LogP contribution in [0.1, 0.15) is 18.4 Å². The Bertz CT molecular complexity index is 485. The van der Waals surface area contributed by atoms with Gasteiger partial charge in [0.2, 0.25) is 0 Å². The molecule has 1 saturated heterocycles. The maximum Gasteiger partial charge on any atom is 0.172 e. The lowest BCUT2D eigenvalue weighted by molar-refractivity contribution is 0.139. The molecule has 110 valence electrons. The lowest BCUT2D eigenvalue weighted by Gasteiger charge is -2.34. The molecule has 1 fully saturated rings. The van der Waals surface area contributed by atoms with E-state index in [1.165, 1.54) is 0 Å². The Kier molecular flexibility index (Phi) is 5.09. The smallest absolute Gasteiger partial charge is 0.172 e. The highest BCUT2D eigenvalue weighted by molar-refractivity contribution is 6.31. The van der Waals surface area contributed by atoms with Gasteiger partial charge in [0.05, 0.1) is 0 Å². The number of halogens is 1. The molecule has 5 nitrogen and oxygen atoms in total. The number of benzene rings is 1. The monoisotopic (exact) mass is 297 g/mol. The van der Waals surface area contributed by atoms with Crippen molar-refractivity contribution in [2.45, 2.75) is 12.8 Å². The molecule has 0 saturated carbocycles. The van der Waals surface area contributed by atoms with Gasteiger partial charge in [-0.1, -0.05) is 16.8 Å². The zero-order valence-corrected chi connectivity index (χ0v) is 12.3. The number of methoxy groups -OCH3 is 1. The van der Waals surface area contributed by atoms with E-state index in [9.17, 15) is 0 Å². The molecule has 1 aromatic carbocycles. The molecule has 0 aromatic heterocycles. The van der Waals surface area contributed by atoms with Gasteiger partial charge >= 0.3 is 0 Å². The van der Waals surface area contributed by atoms with Crippen molar-refractivity contribution in [3.63, 3.8) is 0 Å². The van der Waals surface area contributed by atoms with Crippen LogP contribution < -0.4 is 10.6 Å². The van der Waals surface area contributed by atoms with Crippen LogP contribution in [0.2, 0.25) is 5.02 Å². The first kappa shape index (κ1) is 14.9. The molecule has 0 spiro atoms. The van der Waals surface area contributed by atoms with Crippen LogP contribution >= 0.6 is 11.6 Å². The molecular formula is C14H20ClN3O2. The van der Waals surface area contributed by atoms with Crippen molar-refractivity contribution in [2.24, 2.45) is 16.8 Å². The number of piperidine rings is 1. The Labute approximate surface area is 124 Å². The average molecular weight is 298 g/mol. The Hall–Kier alpha value is -1.46. The standard InChI is InChI=1S/C14H20ClN3O2/c1-20-9-10-4-6-18(7-5-10)13-3-2-11(15)8-12(13)14(16)17-19/h2-3,8,10,19H,4-7,9H2,1H3,(H2,16,17). The van der Waals surface area contributed by atoms with E-state index in [0.29, 0.717) is 16.5 Å². The molecule has 2 rings (SSSR count). The van der Waals surface area contributed by atoms with Gasteiger partial charge in [-0.05, 0) is 37.0 Å². The molecule has 1 heterocycles. The summed E-state index contributed by atoms with van der Waals surface area (Å²) in [5.74, 6) is 0.692. The average Bonchev–Trinajstić information content (AvgIpc) is 2.47. The minimum atomic E-state index is 0.0847. The highest BCUT2D eigenvalue weighted by Gasteiger charge is 2.22. The van der Waals surface area contributed by atoms with Crippen LogP contribution in [0.5, 0.6) is 0 Å². The summed E-state index contributed by atoms with van der Waals surface area (Å²) in [6, 6.07) is 5.48. The fraction of sp³-hybridized carbons (Fsp3) is 0.500. The molecule has 0 bridgehead atoms. The summed E-state index contributed by atoms with van der Waals surface area (Å²) in [7, 11) is 1.74. The van der Waals surface area contributed by atoms with Gasteiger partial charge in [-0.25, -0.2) is 0 Å². The Balaban J connectivity index is 2.17. The Morgan fingerprint density at radius 1 is 1.50 bits per heavy atom. The van der Waals surface area contributed by atoms with Crippen molar-refractivity contribution in [2.75, 3.05) is 31.7 Å². The third-order valence-corrected chi connectivity index (χ3v) is 3.93. The van der Waals surface area contributed by atoms with Gasteiger partial charge in [-0.2, -0.15) is 0 Å². The molecule has 0 radical (unpaired) electrons. The zero-order chi connectivity index (χ0) is 14.5. The minimum absolute atomic E-state index is 0.0847. The largest absolute Gasteiger partial charge is 0.409 e. The second-order valence-corrected chi connectivity index (χ2v) is 5.47. The van der Waals surface area contributed by atoms with Crippen molar-refractivity contribution >= 4 is 23.1 Å². The molecule has 20 heavy (non-hydrogen) atoms. The highest BCUT2D eigenvalue weighted by Crippen LogP contribution is 2.28. The van der Waals surface area contributed by atoms with Gasteiger partial charge in [0.1, 0.15) is 0 Å². The van der Waals surface area contributed by atoms with Crippen molar-refractivity contribution in [1.29, 1.82) is 0 Å². The number of nitrogens with zero attached hydrogens (tertiary/aromatic N) is 2. The summed E-state index contributed by atoms with van der Waals surface area (Å²) in [6.07, 6.45) is 2.15. The Morgan fingerprint density at radius 2 is 2.20 bits per heavy atom. The van der Waals surface area contributed by atoms with Crippen molar-refractivity contribution < 1.29 is 9.94 Å². The molecule has 3 N–H and O–H groups in total. The van der Waals surface area contributed by atoms with E-state index in [0.717, 1.165) is 38.2 Å². The second kappa shape index (κ2) is 6.81. The predicted octanol–water partition coefficient (Wildman–Crippen LogP) is 2.30. The second-order valence-electron chi connectivity index (χ2n) is 5.03. The molecule has 6 heteroatoms. The fourth-order valence-electron chi connectivity index (χ4n) is 2.62. The van der Waals surface area contributed by atoms with Crippen molar-refractivity contribution in [3.05, 3.63) is 28.8 Å². The number of oxime groups is 1. The van der Waals surface area contributed by atoms with Gasteiger partial charge in [-0.3, -0.25) is 0 Å². The summed E-state index contributed by atoms with van der Waals surface area (Å²) in [6.45, 7) is 2.67. The topological polar surface area (TPSA) is 71.1 Å². The van der Waals surface area contributed by atoms with E-state index in [1.807, 2.05) is 12.1 Å². The first-order valence-corrected chi connectivity index (χ1v) is 7.04. The van der Waals surface area contributed by atoms with Crippen LogP contribution in [0.15, 0.2) is 23.4 Å². The number of ether oxygens (including phenoxy) is 1. The SMILES string of the molecule is COCC1CCN(c2ccc(Cl)cc2C(N)=NO)CC1. The number of anilines is 1. The van der Waals surface area contributed by atoms with E-state index in [4.69, 9.17) is 27.3 Å². The van der Waals surface area contributed by atoms with E-state index < -0.39 is 0 Å². The van der Waals surface area contributed by atoms with Crippen LogP contribution in [0, 0.1) is 5.92 Å². The minimum Gasteiger partial charge on any atom is -0.409 e. The molecule has 1 aromatic rings. The van der Waals surface area contributed by atoms with Crippen LogP contribution in [0.25, 0.3) is 0 Å².